The highest BCUT2D eigenvalue weighted by Gasteiger charge is 2.12. The van der Waals surface area contributed by atoms with Crippen LogP contribution in [0.2, 0.25) is 0 Å². The van der Waals surface area contributed by atoms with Crippen molar-refractivity contribution >= 4 is 0 Å². The van der Waals surface area contributed by atoms with Crippen molar-refractivity contribution in [2.75, 3.05) is 46.1 Å². The molecule has 1 heterocycles. The standard InChI is InChI=1S/C14H29NO3/c16-9-13-17-10-3-8-15-7-2-1-4-14-5-11-18-12-6-14/h14-16H,1-13H2. The predicted molar refractivity (Wildman–Crippen MR) is 72.8 cm³/mol. The van der Waals surface area contributed by atoms with Crippen molar-refractivity contribution in [2.24, 2.45) is 5.92 Å². The number of hydrogen-bond donors (Lipinski definition) is 2. The first-order chi connectivity index (χ1) is 8.93. The monoisotopic (exact) mass is 259 g/mol. The van der Waals surface area contributed by atoms with Crippen molar-refractivity contribution in [1.29, 1.82) is 0 Å². The van der Waals surface area contributed by atoms with Gasteiger partial charge in [-0.05, 0) is 44.7 Å². The van der Waals surface area contributed by atoms with Crippen LogP contribution in [0.4, 0.5) is 0 Å². The first-order valence-electron chi connectivity index (χ1n) is 7.40. The van der Waals surface area contributed by atoms with Gasteiger partial charge in [0.1, 0.15) is 0 Å². The van der Waals surface area contributed by atoms with Crippen LogP contribution < -0.4 is 5.32 Å². The lowest BCUT2D eigenvalue weighted by atomic mass is 9.94. The summed E-state index contributed by atoms with van der Waals surface area (Å²) in [5.41, 5.74) is 0. The molecule has 1 fully saturated rings. The molecule has 18 heavy (non-hydrogen) atoms. The van der Waals surface area contributed by atoms with Gasteiger partial charge < -0.3 is 19.9 Å². The lowest BCUT2D eigenvalue weighted by Gasteiger charge is -2.21. The molecule has 0 aromatic heterocycles. The maximum Gasteiger partial charge on any atom is 0.0697 e. The summed E-state index contributed by atoms with van der Waals surface area (Å²) in [6, 6.07) is 0. The van der Waals surface area contributed by atoms with Gasteiger partial charge in [-0.15, -0.1) is 0 Å². The minimum Gasteiger partial charge on any atom is -0.394 e. The second kappa shape index (κ2) is 11.9. The third-order valence-corrected chi connectivity index (χ3v) is 3.43. The highest BCUT2D eigenvalue weighted by molar-refractivity contribution is 4.63. The molecule has 0 spiro atoms. The van der Waals surface area contributed by atoms with E-state index in [9.17, 15) is 0 Å². The van der Waals surface area contributed by atoms with Gasteiger partial charge in [0, 0.05) is 19.8 Å². The molecule has 1 saturated heterocycles. The number of unbranched alkanes of at least 4 members (excludes halogenated alkanes) is 1. The number of hydrogen-bond acceptors (Lipinski definition) is 4. The van der Waals surface area contributed by atoms with Crippen LogP contribution in [0, 0.1) is 5.92 Å². The lowest BCUT2D eigenvalue weighted by molar-refractivity contribution is 0.0631. The Hall–Kier alpha value is -0.160. The van der Waals surface area contributed by atoms with E-state index in [-0.39, 0.29) is 6.61 Å². The molecule has 0 amide bonds. The van der Waals surface area contributed by atoms with Crippen molar-refractivity contribution in [3.63, 3.8) is 0 Å². The fourth-order valence-electron chi connectivity index (χ4n) is 2.31. The first-order valence-corrected chi connectivity index (χ1v) is 7.40. The van der Waals surface area contributed by atoms with Crippen LogP contribution in [-0.4, -0.2) is 51.2 Å². The second-order valence-electron chi connectivity index (χ2n) is 4.99. The maximum atomic E-state index is 8.53. The van der Waals surface area contributed by atoms with Gasteiger partial charge in [0.15, 0.2) is 0 Å². The zero-order valence-electron chi connectivity index (χ0n) is 11.5. The van der Waals surface area contributed by atoms with Crippen LogP contribution >= 0.6 is 0 Å². The van der Waals surface area contributed by atoms with E-state index in [1.807, 2.05) is 0 Å². The minimum atomic E-state index is 0.125. The Kier molecular flexibility index (Phi) is 10.5. The van der Waals surface area contributed by atoms with Crippen molar-refractivity contribution in [3.8, 4) is 0 Å². The van der Waals surface area contributed by atoms with Gasteiger partial charge in [0.25, 0.3) is 0 Å². The molecule has 0 aromatic carbocycles. The molecule has 1 aliphatic rings. The van der Waals surface area contributed by atoms with E-state index < -0.39 is 0 Å². The van der Waals surface area contributed by atoms with Crippen molar-refractivity contribution in [2.45, 2.75) is 38.5 Å². The molecule has 0 aliphatic carbocycles. The first kappa shape index (κ1) is 15.9. The molecule has 2 N–H and O–H groups in total. The zero-order chi connectivity index (χ0) is 12.9. The molecule has 0 bridgehead atoms. The number of aliphatic hydroxyl groups is 1. The molecular weight excluding hydrogens is 230 g/mol. The minimum absolute atomic E-state index is 0.125. The molecular formula is C14H29NO3. The third kappa shape index (κ3) is 8.86. The quantitative estimate of drug-likeness (QED) is 0.553. The van der Waals surface area contributed by atoms with Crippen LogP contribution in [0.3, 0.4) is 0 Å². The van der Waals surface area contributed by atoms with E-state index in [2.05, 4.69) is 5.32 Å². The number of rotatable bonds is 11. The average Bonchev–Trinajstić information content (AvgIpc) is 2.42. The SMILES string of the molecule is OCCOCCCNCCCCC1CCOCC1. The fraction of sp³-hybridized carbons (Fsp3) is 1.00. The van der Waals surface area contributed by atoms with Crippen molar-refractivity contribution in [3.05, 3.63) is 0 Å². The molecule has 108 valence electrons. The van der Waals surface area contributed by atoms with Crippen LogP contribution in [-0.2, 0) is 9.47 Å². The predicted octanol–water partition coefficient (Wildman–Crippen LogP) is 1.57. The van der Waals surface area contributed by atoms with Gasteiger partial charge in [-0.25, -0.2) is 0 Å². The summed E-state index contributed by atoms with van der Waals surface area (Å²) < 4.78 is 10.5. The molecule has 4 nitrogen and oxygen atoms in total. The largest absolute Gasteiger partial charge is 0.394 e. The summed E-state index contributed by atoms with van der Waals surface area (Å²) in [4.78, 5) is 0. The Morgan fingerprint density at radius 3 is 2.61 bits per heavy atom. The Labute approximate surface area is 111 Å². The van der Waals surface area contributed by atoms with Crippen molar-refractivity contribution < 1.29 is 14.6 Å². The molecule has 0 unspecified atom stereocenters. The summed E-state index contributed by atoms with van der Waals surface area (Å²) in [5, 5.41) is 12.0. The van der Waals surface area contributed by atoms with Gasteiger partial charge in [-0.1, -0.05) is 12.8 Å². The van der Waals surface area contributed by atoms with Gasteiger partial charge >= 0.3 is 0 Å². The molecule has 0 atom stereocenters. The Morgan fingerprint density at radius 1 is 1.06 bits per heavy atom. The zero-order valence-corrected chi connectivity index (χ0v) is 11.5. The molecule has 0 radical (unpaired) electrons. The van der Waals surface area contributed by atoms with E-state index in [1.54, 1.807) is 0 Å². The Bertz CT molecular complexity index is 172. The van der Waals surface area contributed by atoms with E-state index in [0.717, 1.165) is 45.2 Å². The summed E-state index contributed by atoms with van der Waals surface area (Å²) >= 11 is 0. The highest BCUT2D eigenvalue weighted by atomic mass is 16.5. The van der Waals surface area contributed by atoms with E-state index >= 15 is 0 Å². The van der Waals surface area contributed by atoms with Crippen LogP contribution in [0.25, 0.3) is 0 Å². The smallest absolute Gasteiger partial charge is 0.0697 e. The molecule has 4 heteroatoms. The fourth-order valence-corrected chi connectivity index (χ4v) is 2.31. The molecule has 0 saturated carbocycles. The maximum absolute atomic E-state index is 8.53. The Morgan fingerprint density at radius 2 is 1.83 bits per heavy atom. The summed E-state index contributed by atoms with van der Waals surface area (Å²) in [6.07, 6.45) is 7.52. The van der Waals surface area contributed by atoms with Gasteiger partial charge in [-0.3, -0.25) is 0 Å². The number of aliphatic hydroxyl groups excluding tert-OH is 1. The second-order valence-corrected chi connectivity index (χ2v) is 4.99. The number of ether oxygens (including phenoxy) is 2. The van der Waals surface area contributed by atoms with E-state index in [1.165, 1.54) is 32.1 Å². The average molecular weight is 259 g/mol. The number of nitrogens with one attached hydrogen (secondary N) is 1. The summed E-state index contributed by atoms with van der Waals surface area (Å²) in [7, 11) is 0. The van der Waals surface area contributed by atoms with Gasteiger partial charge in [0.05, 0.1) is 13.2 Å². The Balaban J connectivity index is 1.73. The molecule has 1 rings (SSSR count). The third-order valence-electron chi connectivity index (χ3n) is 3.43. The van der Waals surface area contributed by atoms with Crippen LogP contribution in [0.15, 0.2) is 0 Å². The lowest BCUT2D eigenvalue weighted by Crippen LogP contribution is -2.19. The molecule has 0 aromatic rings. The van der Waals surface area contributed by atoms with Gasteiger partial charge in [-0.2, -0.15) is 0 Å². The highest BCUT2D eigenvalue weighted by Crippen LogP contribution is 2.20. The normalized spacial score (nSPS) is 17.2. The van der Waals surface area contributed by atoms with Gasteiger partial charge in [0.2, 0.25) is 0 Å². The van der Waals surface area contributed by atoms with Crippen molar-refractivity contribution in [1.82, 2.24) is 5.32 Å². The summed E-state index contributed by atoms with van der Waals surface area (Å²) in [5.74, 6) is 0.908. The van der Waals surface area contributed by atoms with E-state index in [0.29, 0.717) is 6.61 Å². The summed E-state index contributed by atoms with van der Waals surface area (Å²) in [6.45, 7) is 5.40. The van der Waals surface area contributed by atoms with E-state index in [4.69, 9.17) is 14.6 Å². The van der Waals surface area contributed by atoms with Crippen LogP contribution in [0.5, 0.6) is 0 Å². The topological polar surface area (TPSA) is 50.7 Å². The van der Waals surface area contributed by atoms with Crippen LogP contribution in [0.1, 0.15) is 38.5 Å². The molecule has 1 aliphatic heterocycles.